The maximum absolute atomic E-state index is 10.6. The molecule has 3 aliphatic rings. The number of aliphatic hydroxyl groups excluding tert-OH is 3. The topological polar surface area (TPSA) is 60.7 Å². The van der Waals surface area contributed by atoms with Crippen LogP contribution in [0.25, 0.3) is 0 Å². The quantitative estimate of drug-likeness (QED) is 0.663. The lowest BCUT2D eigenvalue weighted by molar-refractivity contribution is -0.236. The first-order chi connectivity index (χ1) is 8.31. The van der Waals surface area contributed by atoms with Crippen molar-refractivity contribution in [2.24, 2.45) is 34.5 Å². The highest BCUT2D eigenvalue weighted by atomic mass is 16.3. The first-order valence-corrected chi connectivity index (χ1v) is 7.28. The fraction of sp³-hybridized carbons (Fsp3) is 1.00. The molecule has 3 aliphatic carbocycles. The summed E-state index contributed by atoms with van der Waals surface area (Å²) in [6, 6.07) is 0. The summed E-state index contributed by atoms with van der Waals surface area (Å²) in [4.78, 5) is 0. The van der Waals surface area contributed by atoms with E-state index in [0.29, 0.717) is 11.8 Å². The largest absolute Gasteiger partial charge is 0.396 e. The van der Waals surface area contributed by atoms with Gasteiger partial charge in [-0.1, -0.05) is 20.8 Å². The summed E-state index contributed by atoms with van der Waals surface area (Å²) < 4.78 is 0. The Bertz CT molecular complexity index is 354. The van der Waals surface area contributed by atoms with Gasteiger partial charge in [0.15, 0.2) is 0 Å². The first-order valence-electron chi connectivity index (χ1n) is 7.28. The van der Waals surface area contributed by atoms with Gasteiger partial charge in [-0.15, -0.1) is 0 Å². The zero-order chi connectivity index (χ0) is 13.3. The first kappa shape index (κ1) is 12.9. The molecule has 0 heterocycles. The van der Waals surface area contributed by atoms with E-state index in [1.54, 1.807) is 0 Å². The average molecular weight is 254 g/mol. The van der Waals surface area contributed by atoms with Crippen molar-refractivity contribution >= 4 is 0 Å². The van der Waals surface area contributed by atoms with Gasteiger partial charge >= 0.3 is 0 Å². The van der Waals surface area contributed by atoms with E-state index in [2.05, 4.69) is 20.8 Å². The molecule has 0 aromatic rings. The Balaban J connectivity index is 1.97. The van der Waals surface area contributed by atoms with E-state index in [9.17, 15) is 15.3 Å². The molecule has 0 spiro atoms. The summed E-state index contributed by atoms with van der Waals surface area (Å²) >= 11 is 0. The fourth-order valence-corrected chi connectivity index (χ4v) is 5.43. The lowest BCUT2D eigenvalue weighted by Gasteiger charge is -2.64. The maximum atomic E-state index is 10.6. The molecule has 3 rings (SSSR count). The molecule has 18 heavy (non-hydrogen) atoms. The standard InChI is InChI=1S/C15H26O3/c1-14(2)5-8-11(6-14)15(3)10(4-12(15)17)9(7-16)13(8)18/h8-13,16-18H,4-7H2,1-3H3/t8?,9?,10?,11?,12?,13-,15+/m1/s1. The van der Waals surface area contributed by atoms with E-state index in [1.165, 1.54) is 0 Å². The third-order valence-electron chi connectivity index (χ3n) is 6.48. The van der Waals surface area contributed by atoms with Gasteiger partial charge in [0.25, 0.3) is 0 Å². The summed E-state index contributed by atoms with van der Waals surface area (Å²) in [6.45, 7) is 6.75. The zero-order valence-electron chi connectivity index (χ0n) is 11.6. The summed E-state index contributed by atoms with van der Waals surface area (Å²) in [7, 11) is 0. The number of hydrogen-bond acceptors (Lipinski definition) is 3. The molecule has 0 saturated heterocycles. The van der Waals surface area contributed by atoms with Gasteiger partial charge in [-0.2, -0.15) is 0 Å². The molecule has 3 heteroatoms. The minimum absolute atomic E-state index is 0.0338. The second-order valence-corrected chi connectivity index (χ2v) is 7.90. The van der Waals surface area contributed by atoms with Gasteiger partial charge in [0, 0.05) is 17.9 Å². The van der Waals surface area contributed by atoms with Crippen LogP contribution >= 0.6 is 0 Å². The van der Waals surface area contributed by atoms with E-state index < -0.39 is 0 Å². The van der Waals surface area contributed by atoms with Crippen LogP contribution in [-0.4, -0.2) is 34.1 Å². The molecular formula is C15H26O3. The lowest BCUT2D eigenvalue weighted by atomic mass is 9.43. The molecule has 3 nitrogen and oxygen atoms in total. The van der Waals surface area contributed by atoms with Gasteiger partial charge in [0.1, 0.15) is 0 Å². The van der Waals surface area contributed by atoms with Crippen LogP contribution in [0.3, 0.4) is 0 Å². The van der Waals surface area contributed by atoms with Gasteiger partial charge in [-0.05, 0) is 42.4 Å². The molecule has 3 saturated carbocycles. The summed E-state index contributed by atoms with van der Waals surface area (Å²) in [5.74, 6) is 0.934. The van der Waals surface area contributed by atoms with Crippen LogP contribution in [0.1, 0.15) is 40.0 Å². The van der Waals surface area contributed by atoms with E-state index in [4.69, 9.17) is 0 Å². The van der Waals surface area contributed by atoms with Crippen molar-refractivity contribution in [3.8, 4) is 0 Å². The summed E-state index contributed by atoms with van der Waals surface area (Å²) in [5.41, 5.74) is 0.175. The van der Waals surface area contributed by atoms with Crippen LogP contribution in [0.4, 0.5) is 0 Å². The SMILES string of the molecule is CC1(C)CC2C(C1)[C@@]1(C)C(O)CC1C(CO)[C@@H]2O. The Kier molecular flexibility index (Phi) is 2.66. The third kappa shape index (κ3) is 1.41. The monoisotopic (exact) mass is 254 g/mol. The van der Waals surface area contributed by atoms with Crippen molar-refractivity contribution in [3.05, 3.63) is 0 Å². The summed E-state index contributed by atoms with van der Waals surface area (Å²) in [5, 5.41) is 30.4. The maximum Gasteiger partial charge on any atom is 0.0624 e. The number of aliphatic hydroxyl groups is 3. The van der Waals surface area contributed by atoms with Gasteiger partial charge < -0.3 is 15.3 Å². The van der Waals surface area contributed by atoms with Crippen LogP contribution in [0, 0.1) is 34.5 Å². The van der Waals surface area contributed by atoms with Crippen LogP contribution < -0.4 is 0 Å². The van der Waals surface area contributed by atoms with E-state index in [1.807, 2.05) is 0 Å². The predicted octanol–water partition coefficient (Wildman–Crippen LogP) is 1.41. The van der Waals surface area contributed by atoms with E-state index in [0.717, 1.165) is 19.3 Å². The molecule has 0 aromatic heterocycles. The number of rotatable bonds is 1. The van der Waals surface area contributed by atoms with Crippen molar-refractivity contribution < 1.29 is 15.3 Å². The highest BCUT2D eigenvalue weighted by molar-refractivity contribution is 5.15. The zero-order valence-corrected chi connectivity index (χ0v) is 11.6. The van der Waals surface area contributed by atoms with Crippen molar-refractivity contribution in [3.63, 3.8) is 0 Å². The van der Waals surface area contributed by atoms with Crippen molar-refractivity contribution in [2.75, 3.05) is 6.61 Å². The molecule has 7 atom stereocenters. The van der Waals surface area contributed by atoms with E-state index >= 15 is 0 Å². The molecule has 0 aliphatic heterocycles. The number of hydrogen-bond donors (Lipinski definition) is 3. The van der Waals surface area contributed by atoms with Crippen molar-refractivity contribution in [1.29, 1.82) is 0 Å². The van der Waals surface area contributed by atoms with Crippen LogP contribution in [0.2, 0.25) is 0 Å². The van der Waals surface area contributed by atoms with Crippen LogP contribution in [0.5, 0.6) is 0 Å². The van der Waals surface area contributed by atoms with Gasteiger partial charge in [0.05, 0.1) is 12.2 Å². The molecule has 3 fully saturated rings. The Hall–Kier alpha value is -0.120. The molecule has 0 aromatic carbocycles. The average Bonchev–Trinajstić information content (AvgIpc) is 2.63. The second-order valence-electron chi connectivity index (χ2n) is 7.90. The lowest BCUT2D eigenvalue weighted by Crippen LogP contribution is -2.66. The minimum atomic E-state index is -0.382. The van der Waals surface area contributed by atoms with Crippen molar-refractivity contribution in [2.45, 2.75) is 52.2 Å². The Morgan fingerprint density at radius 1 is 1.06 bits per heavy atom. The molecule has 0 radical (unpaired) electrons. The molecule has 0 bridgehead atoms. The third-order valence-corrected chi connectivity index (χ3v) is 6.48. The summed E-state index contributed by atoms with van der Waals surface area (Å²) in [6.07, 6.45) is 2.24. The molecule has 104 valence electrons. The smallest absolute Gasteiger partial charge is 0.0624 e. The Labute approximate surface area is 109 Å². The highest BCUT2D eigenvalue weighted by Crippen LogP contribution is 2.67. The van der Waals surface area contributed by atoms with Gasteiger partial charge in [0.2, 0.25) is 0 Å². The van der Waals surface area contributed by atoms with Gasteiger partial charge in [-0.3, -0.25) is 0 Å². The second kappa shape index (κ2) is 3.71. The number of fused-ring (bicyclic) bond motifs is 3. The van der Waals surface area contributed by atoms with Gasteiger partial charge in [-0.25, -0.2) is 0 Å². The Morgan fingerprint density at radius 2 is 1.72 bits per heavy atom. The normalized spacial score (nSPS) is 57.7. The van der Waals surface area contributed by atoms with E-state index in [-0.39, 0.29) is 41.5 Å². The fourth-order valence-electron chi connectivity index (χ4n) is 5.43. The molecule has 0 amide bonds. The molecular weight excluding hydrogens is 228 g/mol. The predicted molar refractivity (Wildman–Crippen MR) is 68.8 cm³/mol. The van der Waals surface area contributed by atoms with Crippen LogP contribution in [-0.2, 0) is 0 Å². The molecule has 3 N–H and O–H groups in total. The Morgan fingerprint density at radius 3 is 2.28 bits per heavy atom. The van der Waals surface area contributed by atoms with Crippen molar-refractivity contribution in [1.82, 2.24) is 0 Å². The molecule has 5 unspecified atom stereocenters. The van der Waals surface area contributed by atoms with Crippen LogP contribution in [0.15, 0.2) is 0 Å². The minimum Gasteiger partial charge on any atom is -0.396 e. The highest BCUT2D eigenvalue weighted by Gasteiger charge is 2.67.